The van der Waals surface area contributed by atoms with Gasteiger partial charge < -0.3 is 20.1 Å². The van der Waals surface area contributed by atoms with Gasteiger partial charge in [-0.25, -0.2) is 4.39 Å². The molecular weight excluding hydrogens is 359 g/mol. The summed E-state index contributed by atoms with van der Waals surface area (Å²) in [5.74, 6) is 1.02. The van der Waals surface area contributed by atoms with Gasteiger partial charge in [-0.05, 0) is 50.5 Å². The molecule has 0 radical (unpaired) electrons. The minimum Gasteiger partial charge on any atom is -0.492 e. The number of carbonyl (C=O) groups excluding carboxylic acids is 1. The maximum Gasteiger partial charge on any atom is 0.247 e. The Balaban J connectivity index is 1.66. The Hall–Kier alpha value is -2.76. The van der Waals surface area contributed by atoms with Gasteiger partial charge in [0.2, 0.25) is 5.91 Å². The molecule has 0 aromatic heterocycles. The third-order valence-electron chi connectivity index (χ3n) is 4.99. The SMILES string of the molecule is CCOc1cc2c(cc1N[C@@H](C(=O)NC1CC1)c1ccc(F)cc1)O[C@H](C)C2. The molecule has 1 saturated carbocycles. The molecule has 1 amide bonds. The molecule has 1 heterocycles. The van der Waals surface area contributed by atoms with Crippen molar-refractivity contribution in [3.05, 3.63) is 53.3 Å². The molecule has 0 bridgehead atoms. The van der Waals surface area contributed by atoms with E-state index in [1.54, 1.807) is 12.1 Å². The largest absolute Gasteiger partial charge is 0.492 e. The van der Waals surface area contributed by atoms with E-state index in [0.29, 0.717) is 23.6 Å². The second-order valence-electron chi connectivity index (χ2n) is 7.43. The number of rotatable bonds is 7. The number of benzene rings is 2. The van der Waals surface area contributed by atoms with Crippen molar-refractivity contribution in [1.82, 2.24) is 5.32 Å². The van der Waals surface area contributed by atoms with Crippen molar-refractivity contribution in [3.63, 3.8) is 0 Å². The van der Waals surface area contributed by atoms with Crippen molar-refractivity contribution in [3.8, 4) is 11.5 Å². The topological polar surface area (TPSA) is 59.6 Å². The monoisotopic (exact) mass is 384 g/mol. The molecule has 4 rings (SSSR count). The van der Waals surface area contributed by atoms with Crippen molar-refractivity contribution in [2.75, 3.05) is 11.9 Å². The number of carbonyl (C=O) groups is 1. The molecule has 2 atom stereocenters. The molecular formula is C22H25FN2O3. The Kier molecular flexibility index (Phi) is 5.11. The zero-order chi connectivity index (χ0) is 19.7. The number of halogens is 1. The van der Waals surface area contributed by atoms with E-state index in [1.165, 1.54) is 12.1 Å². The highest BCUT2D eigenvalue weighted by atomic mass is 19.1. The van der Waals surface area contributed by atoms with E-state index in [9.17, 15) is 9.18 Å². The van der Waals surface area contributed by atoms with Crippen molar-refractivity contribution >= 4 is 11.6 Å². The van der Waals surface area contributed by atoms with Gasteiger partial charge in [0, 0.05) is 24.1 Å². The lowest BCUT2D eigenvalue weighted by molar-refractivity contribution is -0.122. The molecule has 0 saturated heterocycles. The van der Waals surface area contributed by atoms with Crippen LogP contribution in [0.15, 0.2) is 36.4 Å². The van der Waals surface area contributed by atoms with Gasteiger partial charge in [-0.3, -0.25) is 4.79 Å². The van der Waals surface area contributed by atoms with Crippen molar-refractivity contribution in [1.29, 1.82) is 0 Å². The second-order valence-corrected chi connectivity index (χ2v) is 7.43. The highest BCUT2D eigenvalue weighted by molar-refractivity contribution is 5.87. The average molecular weight is 384 g/mol. The van der Waals surface area contributed by atoms with E-state index in [0.717, 1.165) is 30.6 Å². The van der Waals surface area contributed by atoms with Crippen LogP contribution in [0.4, 0.5) is 10.1 Å². The van der Waals surface area contributed by atoms with Gasteiger partial charge in [-0.2, -0.15) is 0 Å². The summed E-state index contributed by atoms with van der Waals surface area (Å²) in [6.45, 7) is 4.46. The van der Waals surface area contributed by atoms with Gasteiger partial charge in [-0.15, -0.1) is 0 Å². The Bertz CT molecular complexity index is 865. The Morgan fingerprint density at radius 3 is 2.71 bits per heavy atom. The molecule has 28 heavy (non-hydrogen) atoms. The van der Waals surface area contributed by atoms with Gasteiger partial charge in [0.25, 0.3) is 0 Å². The first-order valence-electron chi connectivity index (χ1n) is 9.82. The first-order valence-corrected chi connectivity index (χ1v) is 9.82. The van der Waals surface area contributed by atoms with Gasteiger partial charge in [0.15, 0.2) is 0 Å². The second kappa shape index (κ2) is 7.70. The van der Waals surface area contributed by atoms with E-state index < -0.39 is 6.04 Å². The summed E-state index contributed by atoms with van der Waals surface area (Å²) in [4.78, 5) is 12.9. The first kappa shape index (κ1) is 18.6. The fraction of sp³-hybridized carbons (Fsp3) is 0.409. The molecule has 148 valence electrons. The van der Waals surface area contributed by atoms with Gasteiger partial charge >= 0.3 is 0 Å². The maximum atomic E-state index is 13.4. The number of hydrogen-bond donors (Lipinski definition) is 2. The van der Waals surface area contributed by atoms with Crippen LogP contribution in [0.25, 0.3) is 0 Å². The lowest BCUT2D eigenvalue weighted by Gasteiger charge is -2.22. The smallest absolute Gasteiger partial charge is 0.247 e. The minimum atomic E-state index is -0.655. The molecule has 0 spiro atoms. The molecule has 2 N–H and O–H groups in total. The highest BCUT2D eigenvalue weighted by Gasteiger charge is 2.30. The van der Waals surface area contributed by atoms with Crippen LogP contribution in [0, 0.1) is 5.82 Å². The van der Waals surface area contributed by atoms with Crippen molar-refractivity contribution in [2.24, 2.45) is 0 Å². The van der Waals surface area contributed by atoms with Crippen LogP contribution in [-0.2, 0) is 11.2 Å². The van der Waals surface area contributed by atoms with Crippen LogP contribution >= 0.6 is 0 Å². The summed E-state index contributed by atoms with van der Waals surface area (Å²) >= 11 is 0. The van der Waals surface area contributed by atoms with Crippen LogP contribution in [0.5, 0.6) is 11.5 Å². The van der Waals surface area contributed by atoms with E-state index in [2.05, 4.69) is 10.6 Å². The van der Waals surface area contributed by atoms with Gasteiger partial charge in [0.05, 0.1) is 12.3 Å². The molecule has 2 aromatic carbocycles. The molecule has 1 fully saturated rings. The average Bonchev–Trinajstić information content (AvgIpc) is 3.40. The predicted octanol–water partition coefficient (Wildman–Crippen LogP) is 3.98. The number of nitrogens with one attached hydrogen (secondary N) is 2. The molecule has 1 aliphatic carbocycles. The lowest BCUT2D eigenvalue weighted by Crippen LogP contribution is -2.35. The van der Waals surface area contributed by atoms with Crippen LogP contribution in [-0.4, -0.2) is 24.7 Å². The number of hydrogen-bond acceptors (Lipinski definition) is 4. The third kappa shape index (κ3) is 4.06. The number of fused-ring (bicyclic) bond motifs is 1. The first-order chi connectivity index (χ1) is 13.5. The van der Waals surface area contributed by atoms with Crippen LogP contribution in [0.1, 0.15) is 43.9 Å². The van der Waals surface area contributed by atoms with E-state index in [4.69, 9.17) is 9.47 Å². The molecule has 2 aliphatic rings. The standard InChI is InChI=1S/C22H25FN2O3/c1-3-27-20-11-15-10-13(2)28-19(15)12-18(20)25-21(22(26)24-17-8-9-17)14-4-6-16(23)7-5-14/h4-7,11-13,17,21,25H,3,8-10H2,1-2H3,(H,24,26)/t13-,21-/m1/s1. The van der Waals surface area contributed by atoms with Gasteiger partial charge in [0.1, 0.15) is 29.5 Å². The van der Waals surface area contributed by atoms with Crippen molar-refractivity contribution in [2.45, 2.75) is 51.3 Å². The molecule has 5 nitrogen and oxygen atoms in total. The number of anilines is 1. The van der Waals surface area contributed by atoms with E-state index in [-0.39, 0.29) is 23.9 Å². The van der Waals surface area contributed by atoms with Crippen LogP contribution in [0.3, 0.4) is 0 Å². The Labute approximate surface area is 164 Å². The minimum absolute atomic E-state index is 0.116. The molecule has 2 aromatic rings. The molecule has 1 aliphatic heterocycles. The van der Waals surface area contributed by atoms with E-state index >= 15 is 0 Å². The summed E-state index contributed by atoms with van der Waals surface area (Å²) < 4.78 is 25.1. The van der Waals surface area contributed by atoms with Crippen LogP contribution in [0.2, 0.25) is 0 Å². The normalized spacial score (nSPS) is 18.8. The van der Waals surface area contributed by atoms with Crippen LogP contribution < -0.4 is 20.1 Å². The fourth-order valence-electron chi connectivity index (χ4n) is 3.45. The lowest BCUT2D eigenvalue weighted by atomic mass is 10.0. The Morgan fingerprint density at radius 1 is 1.29 bits per heavy atom. The number of amides is 1. The quantitative estimate of drug-likeness (QED) is 0.758. The van der Waals surface area contributed by atoms with Crippen molar-refractivity contribution < 1.29 is 18.7 Å². The summed E-state index contributed by atoms with van der Waals surface area (Å²) in [7, 11) is 0. The van der Waals surface area contributed by atoms with Gasteiger partial charge in [-0.1, -0.05) is 12.1 Å². The maximum absolute atomic E-state index is 13.4. The predicted molar refractivity (Wildman–Crippen MR) is 105 cm³/mol. The number of ether oxygens (including phenoxy) is 2. The highest BCUT2D eigenvalue weighted by Crippen LogP contribution is 2.39. The zero-order valence-electron chi connectivity index (χ0n) is 16.1. The summed E-state index contributed by atoms with van der Waals surface area (Å²) in [6, 6.07) is 9.44. The zero-order valence-corrected chi connectivity index (χ0v) is 16.1. The summed E-state index contributed by atoms with van der Waals surface area (Å²) in [5, 5.41) is 6.34. The third-order valence-corrected chi connectivity index (χ3v) is 4.99. The molecule has 6 heteroatoms. The Morgan fingerprint density at radius 2 is 2.04 bits per heavy atom. The summed E-state index contributed by atoms with van der Waals surface area (Å²) in [6.07, 6.45) is 2.94. The fourth-order valence-corrected chi connectivity index (χ4v) is 3.45. The summed E-state index contributed by atoms with van der Waals surface area (Å²) in [5.41, 5.74) is 2.48. The van der Waals surface area contributed by atoms with E-state index in [1.807, 2.05) is 26.0 Å². The molecule has 0 unspecified atom stereocenters.